The molecule has 1 amide bonds. The summed E-state index contributed by atoms with van der Waals surface area (Å²) in [5.41, 5.74) is 9.78. The highest BCUT2D eigenvalue weighted by Crippen LogP contribution is 2.31. The second kappa shape index (κ2) is 8.47. The highest BCUT2D eigenvalue weighted by atomic mass is 16.1. The van der Waals surface area contributed by atoms with Crippen LogP contribution >= 0.6 is 0 Å². The van der Waals surface area contributed by atoms with E-state index in [2.05, 4.69) is 37.3 Å². The number of nitrogens with one attached hydrogen (secondary N) is 1. The number of nitrogens with two attached hydrogens (primary N) is 1. The van der Waals surface area contributed by atoms with Crippen molar-refractivity contribution in [2.24, 2.45) is 11.7 Å². The van der Waals surface area contributed by atoms with Gasteiger partial charge in [-0.25, -0.2) is 14.5 Å². The molecule has 11 heteroatoms. The molecule has 4 aromatic heterocycles. The monoisotopic (exact) mass is 456 g/mol. The maximum absolute atomic E-state index is 12.2. The summed E-state index contributed by atoms with van der Waals surface area (Å²) in [5, 5.41) is 21.3. The number of rotatable bonds is 6. The molecule has 1 aliphatic heterocycles. The van der Waals surface area contributed by atoms with Crippen LogP contribution in [0.3, 0.4) is 0 Å². The van der Waals surface area contributed by atoms with E-state index in [9.17, 15) is 4.79 Å². The summed E-state index contributed by atoms with van der Waals surface area (Å²) in [5.74, 6) is 0.269. The number of fused-ring (bicyclic) bond motifs is 1. The van der Waals surface area contributed by atoms with Gasteiger partial charge in [-0.15, -0.1) is 0 Å². The van der Waals surface area contributed by atoms with Gasteiger partial charge in [-0.05, 0) is 18.9 Å². The fourth-order valence-corrected chi connectivity index (χ4v) is 4.28. The minimum atomic E-state index is -0.544. The van der Waals surface area contributed by atoms with Gasteiger partial charge in [0.05, 0.1) is 47.1 Å². The first-order chi connectivity index (χ1) is 16.5. The number of hydrogen-bond acceptors (Lipinski definition) is 8. The third-order valence-corrected chi connectivity index (χ3v) is 6.19. The van der Waals surface area contributed by atoms with Crippen LogP contribution in [0, 0.1) is 17.2 Å². The van der Waals surface area contributed by atoms with Gasteiger partial charge in [0.1, 0.15) is 6.07 Å². The fourth-order valence-electron chi connectivity index (χ4n) is 4.28. The lowest BCUT2D eigenvalue weighted by molar-refractivity contribution is 0.100. The van der Waals surface area contributed by atoms with Crippen LogP contribution < -0.4 is 16.0 Å². The highest BCUT2D eigenvalue weighted by Gasteiger charge is 2.32. The maximum Gasteiger partial charge on any atom is 0.252 e. The van der Waals surface area contributed by atoms with Crippen LogP contribution in [0.2, 0.25) is 0 Å². The van der Waals surface area contributed by atoms with E-state index in [0.29, 0.717) is 29.3 Å². The molecule has 0 spiro atoms. The molecule has 3 N–H and O–H groups in total. The van der Waals surface area contributed by atoms with Crippen molar-refractivity contribution in [1.29, 1.82) is 5.26 Å². The third-order valence-electron chi connectivity index (χ3n) is 6.19. The Morgan fingerprint density at radius 3 is 2.65 bits per heavy atom. The average molecular weight is 457 g/mol. The zero-order valence-corrected chi connectivity index (χ0v) is 18.9. The number of amides is 1. The van der Waals surface area contributed by atoms with Crippen LogP contribution in [0.5, 0.6) is 0 Å². The molecule has 5 heterocycles. The molecular formula is C23H24N10O. The van der Waals surface area contributed by atoms with Gasteiger partial charge in [0.25, 0.3) is 5.91 Å². The second-order valence-electron chi connectivity index (χ2n) is 8.46. The van der Waals surface area contributed by atoms with Gasteiger partial charge in [0.15, 0.2) is 0 Å². The quantitative estimate of drug-likeness (QED) is 0.448. The topological polar surface area (TPSA) is 143 Å². The van der Waals surface area contributed by atoms with Crippen LogP contribution in [0.25, 0.3) is 16.6 Å². The number of nitriles is 1. The van der Waals surface area contributed by atoms with Crippen molar-refractivity contribution in [2.45, 2.75) is 26.4 Å². The van der Waals surface area contributed by atoms with E-state index < -0.39 is 5.91 Å². The number of carbonyl (C=O) groups is 1. The van der Waals surface area contributed by atoms with Crippen molar-refractivity contribution in [3.63, 3.8) is 0 Å². The maximum atomic E-state index is 12.2. The normalized spacial score (nSPS) is 17.7. The fraction of sp³-hybridized carbons (Fsp3) is 0.304. The Bertz CT molecular complexity index is 1400. The Balaban J connectivity index is 1.47. The molecule has 1 saturated heterocycles. The lowest BCUT2D eigenvalue weighted by Gasteiger charge is -2.20. The first-order valence-electron chi connectivity index (χ1n) is 11.0. The molecule has 172 valence electrons. The average Bonchev–Trinajstić information content (AvgIpc) is 3.57. The van der Waals surface area contributed by atoms with Crippen molar-refractivity contribution in [2.75, 3.05) is 23.3 Å². The van der Waals surface area contributed by atoms with Crippen molar-refractivity contribution < 1.29 is 4.79 Å². The van der Waals surface area contributed by atoms with Crippen LogP contribution in [-0.4, -0.2) is 54.4 Å². The van der Waals surface area contributed by atoms with Crippen molar-refractivity contribution >= 4 is 23.1 Å². The summed E-state index contributed by atoms with van der Waals surface area (Å²) in [6.45, 7) is 6.32. The first-order valence-corrected chi connectivity index (χ1v) is 11.0. The van der Waals surface area contributed by atoms with Crippen molar-refractivity contribution in [3.05, 3.63) is 54.4 Å². The molecule has 11 nitrogen and oxygen atoms in total. The van der Waals surface area contributed by atoms with Gasteiger partial charge in [0.2, 0.25) is 5.95 Å². The largest absolute Gasteiger partial charge is 0.378 e. The van der Waals surface area contributed by atoms with E-state index in [1.54, 1.807) is 4.52 Å². The Hall–Kier alpha value is -4.46. The Morgan fingerprint density at radius 1 is 1.18 bits per heavy atom. The molecule has 5 rings (SSSR count). The smallest absolute Gasteiger partial charge is 0.252 e. The Labute approximate surface area is 195 Å². The zero-order chi connectivity index (χ0) is 23.8. The lowest BCUT2D eigenvalue weighted by atomic mass is 10.1. The minimum Gasteiger partial charge on any atom is -0.378 e. The summed E-state index contributed by atoms with van der Waals surface area (Å²) in [6.07, 6.45) is 10.2. The highest BCUT2D eigenvalue weighted by molar-refractivity contribution is 6.02. The van der Waals surface area contributed by atoms with E-state index in [0.717, 1.165) is 29.7 Å². The Kier molecular flexibility index (Phi) is 5.33. The van der Waals surface area contributed by atoms with Gasteiger partial charge in [-0.3, -0.25) is 9.48 Å². The van der Waals surface area contributed by atoms with Crippen molar-refractivity contribution in [3.8, 4) is 17.2 Å². The first kappa shape index (κ1) is 21.4. The van der Waals surface area contributed by atoms with E-state index in [4.69, 9.17) is 11.0 Å². The van der Waals surface area contributed by atoms with Gasteiger partial charge < -0.3 is 16.0 Å². The van der Waals surface area contributed by atoms with Gasteiger partial charge >= 0.3 is 0 Å². The number of primary amides is 1. The number of anilines is 2. The van der Waals surface area contributed by atoms with Crippen LogP contribution in [0.1, 0.15) is 29.8 Å². The molecule has 0 unspecified atom stereocenters. The predicted octanol–water partition coefficient (Wildman–Crippen LogP) is 1.92. The van der Waals surface area contributed by atoms with Crippen LogP contribution in [-0.2, 0) is 6.54 Å². The summed E-state index contributed by atoms with van der Waals surface area (Å²) >= 11 is 0. The van der Waals surface area contributed by atoms with Gasteiger partial charge in [0, 0.05) is 49.2 Å². The number of aryl methyl sites for hydroxylation is 1. The van der Waals surface area contributed by atoms with E-state index >= 15 is 0 Å². The van der Waals surface area contributed by atoms with Crippen LogP contribution in [0.4, 0.5) is 11.6 Å². The molecule has 1 fully saturated rings. The van der Waals surface area contributed by atoms with E-state index in [1.165, 1.54) is 18.6 Å². The molecule has 0 aliphatic carbocycles. The predicted molar refractivity (Wildman–Crippen MR) is 126 cm³/mol. The number of hydrogen-bond donors (Lipinski definition) is 2. The summed E-state index contributed by atoms with van der Waals surface area (Å²) in [4.78, 5) is 22.9. The lowest BCUT2D eigenvalue weighted by Crippen LogP contribution is -2.30. The van der Waals surface area contributed by atoms with Crippen molar-refractivity contribution in [1.82, 2.24) is 29.4 Å². The van der Waals surface area contributed by atoms with E-state index in [1.807, 2.05) is 42.3 Å². The second-order valence-corrected chi connectivity index (χ2v) is 8.46. The number of nitrogens with zero attached hydrogens (tertiary/aromatic N) is 8. The van der Waals surface area contributed by atoms with Crippen LogP contribution in [0.15, 0.2) is 43.2 Å². The SMILES string of the molecule is CCn1cc(-c2cc3c(N[C@@H]4CN(c5ncc(C#N)cn5)C[C@H]4C)c(C(N)=O)cnn3c2)cn1. The molecule has 2 atom stereocenters. The molecule has 1 aliphatic rings. The minimum absolute atomic E-state index is 0.0183. The Morgan fingerprint density at radius 2 is 1.97 bits per heavy atom. The third kappa shape index (κ3) is 3.79. The summed E-state index contributed by atoms with van der Waals surface area (Å²) < 4.78 is 3.60. The number of aromatic nitrogens is 6. The van der Waals surface area contributed by atoms with Gasteiger partial charge in [-0.1, -0.05) is 6.92 Å². The molecule has 0 aromatic carbocycles. The van der Waals surface area contributed by atoms with Gasteiger partial charge in [-0.2, -0.15) is 15.5 Å². The summed E-state index contributed by atoms with van der Waals surface area (Å²) in [6, 6.07) is 4.04. The molecule has 0 bridgehead atoms. The number of carbonyl (C=O) groups excluding carboxylic acids is 1. The standard InChI is InChI=1S/C23H24N10O/c1-3-32-11-17(8-28-32)16-4-20-21(18(22(25)34)9-29-33(20)12-16)30-19-13-31(10-14(19)2)23-26-6-15(5-24)7-27-23/h4,6-9,11-12,14,19,30H,3,10,13H2,1-2H3,(H2,25,34)/t14-,19-/m1/s1. The van der Waals surface area contributed by atoms with E-state index in [-0.39, 0.29) is 12.0 Å². The molecule has 0 saturated carbocycles. The molecule has 4 aromatic rings. The zero-order valence-electron chi connectivity index (χ0n) is 18.9. The molecule has 0 radical (unpaired) electrons. The summed E-state index contributed by atoms with van der Waals surface area (Å²) in [7, 11) is 0. The molecular weight excluding hydrogens is 432 g/mol. The molecule has 34 heavy (non-hydrogen) atoms.